The second-order valence-corrected chi connectivity index (χ2v) is 5.67. The highest BCUT2D eigenvalue weighted by atomic mass is 16.3. The molecule has 0 aliphatic heterocycles. The maximum Gasteiger partial charge on any atom is 0.115 e. The van der Waals surface area contributed by atoms with Crippen molar-refractivity contribution in [3.8, 4) is 0 Å². The van der Waals surface area contributed by atoms with E-state index in [2.05, 4.69) is 30.3 Å². The minimum Gasteiger partial charge on any atom is -0.389 e. The molecule has 0 saturated carbocycles. The van der Waals surface area contributed by atoms with Gasteiger partial charge in [0.1, 0.15) is 5.82 Å². The molecule has 1 heterocycles. The maximum absolute atomic E-state index is 9.58. The molecule has 0 saturated heterocycles. The minimum absolute atomic E-state index is 0.0266. The Labute approximate surface area is 102 Å². The third-order valence-electron chi connectivity index (χ3n) is 3.06. The van der Waals surface area contributed by atoms with E-state index >= 15 is 0 Å². The number of benzene rings is 1. The zero-order valence-electron chi connectivity index (χ0n) is 11.2. The molecule has 3 nitrogen and oxygen atoms in total. The molecule has 1 aromatic carbocycles. The Bertz CT molecular complexity index is 547. The van der Waals surface area contributed by atoms with Crippen molar-refractivity contribution in [1.29, 1.82) is 0 Å². The van der Waals surface area contributed by atoms with Crippen molar-refractivity contribution in [3.63, 3.8) is 0 Å². The topological polar surface area (TPSA) is 38.1 Å². The molecule has 1 atom stereocenters. The second-order valence-electron chi connectivity index (χ2n) is 5.67. The maximum atomic E-state index is 9.58. The first-order valence-corrected chi connectivity index (χ1v) is 5.95. The highest BCUT2D eigenvalue weighted by molar-refractivity contribution is 5.77. The van der Waals surface area contributed by atoms with Crippen molar-refractivity contribution in [2.24, 2.45) is 7.05 Å². The van der Waals surface area contributed by atoms with E-state index < -0.39 is 6.10 Å². The summed E-state index contributed by atoms with van der Waals surface area (Å²) in [5, 5.41) is 9.58. The number of aliphatic hydroxyl groups excluding tert-OH is 1. The van der Waals surface area contributed by atoms with Crippen LogP contribution in [0.15, 0.2) is 18.2 Å². The molecule has 3 heteroatoms. The Morgan fingerprint density at radius 2 is 1.94 bits per heavy atom. The largest absolute Gasteiger partial charge is 0.389 e. The SMILES string of the molecule is CC(O)c1ccc2c(c1)nc(C(C)(C)C)n2C. The molecular formula is C14H20N2O. The third-order valence-corrected chi connectivity index (χ3v) is 3.06. The van der Waals surface area contributed by atoms with Crippen molar-refractivity contribution in [2.45, 2.75) is 39.2 Å². The Kier molecular flexibility index (Phi) is 2.74. The molecule has 1 N–H and O–H groups in total. The summed E-state index contributed by atoms with van der Waals surface area (Å²) in [6.45, 7) is 8.24. The van der Waals surface area contributed by atoms with E-state index in [1.54, 1.807) is 6.92 Å². The number of aromatic nitrogens is 2. The van der Waals surface area contributed by atoms with Gasteiger partial charge in [-0.25, -0.2) is 4.98 Å². The van der Waals surface area contributed by atoms with Crippen LogP contribution >= 0.6 is 0 Å². The van der Waals surface area contributed by atoms with Crippen LogP contribution in [0.3, 0.4) is 0 Å². The number of hydrogen-bond donors (Lipinski definition) is 1. The molecule has 2 rings (SSSR count). The van der Waals surface area contributed by atoms with Crippen molar-refractivity contribution in [2.75, 3.05) is 0 Å². The van der Waals surface area contributed by atoms with Crippen LogP contribution in [0.25, 0.3) is 11.0 Å². The third kappa shape index (κ3) is 2.07. The number of aryl methyl sites for hydroxylation is 1. The summed E-state index contributed by atoms with van der Waals surface area (Å²) in [6.07, 6.45) is -0.445. The van der Waals surface area contributed by atoms with Gasteiger partial charge in [-0.05, 0) is 24.6 Å². The van der Waals surface area contributed by atoms with E-state index in [0.717, 1.165) is 22.4 Å². The van der Waals surface area contributed by atoms with Gasteiger partial charge in [0.05, 0.1) is 17.1 Å². The van der Waals surface area contributed by atoms with Gasteiger partial charge in [0.25, 0.3) is 0 Å². The molecule has 0 fully saturated rings. The van der Waals surface area contributed by atoms with Crippen LogP contribution in [0, 0.1) is 0 Å². The predicted molar refractivity (Wildman–Crippen MR) is 70.0 cm³/mol. The van der Waals surface area contributed by atoms with Gasteiger partial charge in [-0.1, -0.05) is 26.8 Å². The zero-order valence-corrected chi connectivity index (χ0v) is 11.2. The van der Waals surface area contributed by atoms with Crippen molar-refractivity contribution in [3.05, 3.63) is 29.6 Å². The van der Waals surface area contributed by atoms with Gasteiger partial charge in [0.2, 0.25) is 0 Å². The van der Waals surface area contributed by atoms with Crippen molar-refractivity contribution < 1.29 is 5.11 Å². The first-order valence-electron chi connectivity index (χ1n) is 5.95. The fourth-order valence-electron chi connectivity index (χ4n) is 2.15. The molecule has 0 radical (unpaired) electrons. The van der Waals surface area contributed by atoms with Crippen LogP contribution in [0.1, 0.15) is 45.2 Å². The van der Waals surface area contributed by atoms with Gasteiger partial charge < -0.3 is 9.67 Å². The molecule has 0 aliphatic rings. The number of aliphatic hydroxyl groups is 1. The van der Waals surface area contributed by atoms with Gasteiger partial charge in [0.15, 0.2) is 0 Å². The monoisotopic (exact) mass is 232 g/mol. The van der Waals surface area contributed by atoms with E-state index in [9.17, 15) is 5.11 Å². The van der Waals surface area contributed by atoms with Crippen LogP contribution < -0.4 is 0 Å². The minimum atomic E-state index is -0.445. The molecule has 17 heavy (non-hydrogen) atoms. The van der Waals surface area contributed by atoms with Gasteiger partial charge in [-0.2, -0.15) is 0 Å². The lowest BCUT2D eigenvalue weighted by molar-refractivity contribution is 0.199. The van der Waals surface area contributed by atoms with E-state index in [4.69, 9.17) is 0 Å². The summed E-state index contributed by atoms with van der Waals surface area (Å²) >= 11 is 0. The summed E-state index contributed by atoms with van der Waals surface area (Å²) in [6, 6.07) is 5.95. The van der Waals surface area contributed by atoms with Gasteiger partial charge in [-0.15, -0.1) is 0 Å². The number of imidazole rings is 1. The molecule has 0 bridgehead atoms. The van der Waals surface area contributed by atoms with E-state index in [1.165, 1.54) is 0 Å². The normalized spacial score (nSPS) is 14.2. The van der Waals surface area contributed by atoms with Gasteiger partial charge in [0, 0.05) is 12.5 Å². The lowest BCUT2D eigenvalue weighted by atomic mass is 9.96. The highest BCUT2D eigenvalue weighted by Gasteiger charge is 2.21. The first-order chi connectivity index (χ1) is 7.80. The number of fused-ring (bicyclic) bond motifs is 1. The standard InChI is InChI=1S/C14H20N2O/c1-9(17)10-6-7-12-11(8-10)15-13(16(12)5)14(2,3)4/h6-9,17H,1-5H3. The van der Waals surface area contributed by atoms with Crippen LogP contribution in [-0.4, -0.2) is 14.7 Å². The van der Waals surface area contributed by atoms with Crippen molar-refractivity contribution in [1.82, 2.24) is 9.55 Å². The average Bonchev–Trinajstić information content (AvgIpc) is 2.55. The molecule has 0 amide bonds. The predicted octanol–water partition coefficient (Wildman–Crippen LogP) is 2.92. The van der Waals surface area contributed by atoms with E-state index in [0.29, 0.717) is 0 Å². The van der Waals surface area contributed by atoms with Gasteiger partial charge >= 0.3 is 0 Å². The number of nitrogens with zero attached hydrogens (tertiary/aromatic N) is 2. The molecule has 92 valence electrons. The quantitative estimate of drug-likeness (QED) is 0.821. The van der Waals surface area contributed by atoms with Crippen molar-refractivity contribution >= 4 is 11.0 Å². The van der Waals surface area contributed by atoms with E-state index in [-0.39, 0.29) is 5.41 Å². The lowest BCUT2D eigenvalue weighted by Gasteiger charge is -2.17. The van der Waals surface area contributed by atoms with Crippen LogP contribution in [0.2, 0.25) is 0 Å². The lowest BCUT2D eigenvalue weighted by Crippen LogP contribution is -2.17. The van der Waals surface area contributed by atoms with E-state index in [1.807, 2.05) is 25.2 Å². The molecular weight excluding hydrogens is 212 g/mol. The summed E-state index contributed by atoms with van der Waals surface area (Å²) in [5.74, 6) is 1.07. The molecule has 1 aromatic heterocycles. The van der Waals surface area contributed by atoms with Gasteiger partial charge in [-0.3, -0.25) is 0 Å². The second kappa shape index (κ2) is 3.84. The molecule has 0 aliphatic carbocycles. The summed E-state index contributed by atoms with van der Waals surface area (Å²) in [5.41, 5.74) is 3.00. The Morgan fingerprint density at radius 3 is 2.47 bits per heavy atom. The summed E-state index contributed by atoms with van der Waals surface area (Å²) < 4.78 is 2.13. The zero-order chi connectivity index (χ0) is 12.8. The Hall–Kier alpha value is -1.35. The Morgan fingerprint density at radius 1 is 1.29 bits per heavy atom. The fraction of sp³-hybridized carbons (Fsp3) is 0.500. The van der Waals surface area contributed by atoms with Crippen LogP contribution in [0.4, 0.5) is 0 Å². The summed E-state index contributed by atoms with van der Waals surface area (Å²) in [7, 11) is 2.04. The number of hydrogen-bond acceptors (Lipinski definition) is 2. The fourth-order valence-corrected chi connectivity index (χ4v) is 2.15. The molecule has 2 aromatic rings. The highest BCUT2D eigenvalue weighted by Crippen LogP contribution is 2.26. The van der Waals surface area contributed by atoms with Crippen LogP contribution in [0.5, 0.6) is 0 Å². The molecule has 1 unspecified atom stereocenters. The first kappa shape index (κ1) is 12.1. The smallest absolute Gasteiger partial charge is 0.115 e. The Balaban J connectivity index is 2.66. The molecule has 0 spiro atoms. The average molecular weight is 232 g/mol. The van der Waals surface area contributed by atoms with Crippen LogP contribution in [-0.2, 0) is 12.5 Å². The summed E-state index contributed by atoms with van der Waals surface area (Å²) in [4.78, 5) is 4.68. The number of rotatable bonds is 1.